The quantitative estimate of drug-likeness (QED) is 0.701. The van der Waals surface area contributed by atoms with Crippen molar-refractivity contribution in [2.45, 2.75) is 13.3 Å². The van der Waals surface area contributed by atoms with Crippen molar-refractivity contribution < 1.29 is 4.79 Å². The number of amides is 1. The molecule has 0 radical (unpaired) electrons. The summed E-state index contributed by atoms with van der Waals surface area (Å²) >= 11 is 0. The standard InChI is InChI=1S/C23H24N4O/c1-2-18-5-3-6-21(17-18)19-7-9-20(10-8-19)22(28)26-13-15-27(16-14-26)23-24-11-4-12-25-23/h3-12,17H,2,13-16H2,1H3. The molecule has 2 aromatic carbocycles. The molecule has 2 heterocycles. The van der Waals surface area contributed by atoms with Crippen LogP contribution >= 0.6 is 0 Å². The van der Waals surface area contributed by atoms with E-state index in [1.54, 1.807) is 12.4 Å². The summed E-state index contributed by atoms with van der Waals surface area (Å²) in [5.41, 5.74) is 4.38. The third-order valence-electron chi connectivity index (χ3n) is 5.20. The Morgan fingerprint density at radius 2 is 1.61 bits per heavy atom. The molecule has 142 valence electrons. The lowest BCUT2D eigenvalue weighted by Crippen LogP contribution is -2.49. The molecule has 1 aliphatic rings. The Kier molecular flexibility index (Phi) is 5.33. The van der Waals surface area contributed by atoms with E-state index in [9.17, 15) is 4.79 Å². The summed E-state index contributed by atoms with van der Waals surface area (Å²) in [5.74, 6) is 0.816. The molecule has 28 heavy (non-hydrogen) atoms. The number of nitrogens with zero attached hydrogens (tertiary/aromatic N) is 4. The zero-order valence-corrected chi connectivity index (χ0v) is 16.1. The monoisotopic (exact) mass is 372 g/mol. The second-order valence-corrected chi connectivity index (χ2v) is 6.96. The fraction of sp³-hybridized carbons (Fsp3) is 0.261. The third-order valence-corrected chi connectivity index (χ3v) is 5.20. The van der Waals surface area contributed by atoms with Gasteiger partial charge in [-0.05, 0) is 41.3 Å². The smallest absolute Gasteiger partial charge is 0.253 e. The van der Waals surface area contributed by atoms with Crippen LogP contribution in [0.4, 0.5) is 5.95 Å². The zero-order chi connectivity index (χ0) is 19.3. The van der Waals surface area contributed by atoms with E-state index in [2.05, 4.69) is 46.1 Å². The number of carbonyl (C=O) groups excluding carboxylic acids is 1. The Balaban J connectivity index is 1.41. The number of benzene rings is 2. The van der Waals surface area contributed by atoms with E-state index in [0.717, 1.165) is 36.6 Å². The molecule has 5 heteroatoms. The van der Waals surface area contributed by atoms with Crippen LogP contribution in [0.2, 0.25) is 0 Å². The maximum absolute atomic E-state index is 12.9. The topological polar surface area (TPSA) is 49.3 Å². The molecule has 3 aromatic rings. The minimum absolute atomic E-state index is 0.0856. The van der Waals surface area contributed by atoms with Gasteiger partial charge in [-0.1, -0.05) is 43.3 Å². The fourth-order valence-corrected chi connectivity index (χ4v) is 3.52. The van der Waals surface area contributed by atoms with Crippen molar-refractivity contribution in [1.29, 1.82) is 0 Å². The van der Waals surface area contributed by atoms with Crippen LogP contribution in [-0.4, -0.2) is 47.0 Å². The summed E-state index contributed by atoms with van der Waals surface area (Å²) < 4.78 is 0. The van der Waals surface area contributed by atoms with Gasteiger partial charge in [0.15, 0.2) is 0 Å². The molecule has 0 unspecified atom stereocenters. The Morgan fingerprint density at radius 3 is 2.29 bits per heavy atom. The van der Waals surface area contributed by atoms with Crippen molar-refractivity contribution in [3.05, 3.63) is 78.1 Å². The highest BCUT2D eigenvalue weighted by Crippen LogP contribution is 2.22. The van der Waals surface area contributed by atoms with E-state index < -0.39 is 0 Å². The molecule has 1 aliphatic heterocycles. The molecule has 1 fully saturated rings. The average molecular weight is 372 g/mol. The first kappa shape index (κ1) is 18.2. The van der Waals surface area contributed by atoms with Crippen LogP contribution in [0.3, 0.4) is 0 Å². The summed E-state index contributed by atoms with van der Waals surface area (Å²) in [6.07, 6.45) is 4.51. The number of carbonyl (C=O) groups is 1. The molecule has 1 saturated heterocycles. The van der Waals surface area contributed by atoms with Gasteiger partial charge in [-0.3, -0.25) is 4.79 Å². The minimum atomic E-state index is 0.0856. The maximum atomic E-state index is 12.9. The summed E-state index contributed by atoms with van der Waals surface area (Å²) in [7, 11) is 0. The third kappa shape index (κ3) is 3.88. The lowest BCUT2D eigenvalue weighted by atomic mass is 10.0. The van der Waals surface area contributed by atoms with Crippen molar-refractivity contribution >= 4 is 11.9 Å². The molecular weight excluding hydrogens is 348 g/mol. The van der Waals surface area contributed by atoms with Crippen LogP contribution < -0.4 is 4.90 Å². The molecule has 1 aromatic heterocycles. The van der Waals surface area contributed by atoms with E-state index in [4.69, 9.17) is 0 Å². The first-order chi connectivity index (χ1) is 13.7. The Labute approximate surface area is 165 Å². The Hall–Kier alpha value is -3.21. The Bertz CT molecular complexity index is 932. The van der Waals surface area contributed by atoms with Crippen LogP contribution in [0, 0.1) is 0 Å². The van der Waals surface area contributed by atoms with Crippen LogP contribution in [0.5, 0.6) is 0 Å². The highest BCUT2D eigenvalue weighted by Gasteiger charge is 2.23. The summed E-state index contributed by atoms with van der Waals surface area (Å²) in [5, 5.41) is 0. The number of hydrogen-bond acceptors (Lipinski definition) is 4. The van der Waals surface area contributed by atoms with Crippen LogP contribution in [0.1, 0.15) is 22.8 Å². The van der Waals surface area contributed by atoms with E-state index >= 15 is 0 Å². The number of piperazine rings is 1. The molecule has 0 saturated carbocycles. The molecule has 0 aliphatic carbocycles. The first-order valence-electron chi connectivity index (χ1n) is 9.75. The van der Waals surface area contributed by atoms with Gasteiger partial charge in [0, 0.05) is 44.1 Å². The summed E-state index contributed by atoms with van der Waals surface area (Å²) in [6, 6.07) is 18.3. The predicted octanol–water partition coefficient (Wildman–Crippen LogP) is 3.67. The highest BCUT2D eigenvalue weighted by molar-refractivity contribution is 5.94. The number of rotatable bonds is 4. The molecule has 0 N–H and O–H groups in total. The van der Waals surface area contributed by atoms with Crippen LogP contribution in [0.15, 0.2) is 67.0 Å². The van der Waals surface area contributed by atoms with E-state index in [1.165, 1.54) is 11.1 Å². The van der Waals surface area contributed by atoms with Crippen molar-refractivity contribution in [1.82, 2.24) is 14.9 Å². The Morgan fingerprint density at radius 1 is 0.893 bits per heavy atom. The van der Waals surface area contributed by atoms with Gasteiger partial charge in [-0.2, -0.15) is 0 Å². The second-order valence-electron chi connectivity index (χ2n) is 6.96. The van der Waals surface area contributed by atoms with Gasteiger partial charge < -0.3 is 9.80 Å². The predicted molar refractivity (Wildman–Crippen MR) is 111 cm³/mol. The van der Waals surface area contributed by atoms with Gasteiger partial charge in [-0.15, -0.1) is 0 Å². The first-order valence-corrected chi connectivity index (χ1v) is 9.75. The second kappa shape index (κ2) is 8.21. The molecule has 0 spiro atoms. The molecule has 4 rings (SSSR count). The minimum Gasteiger partial charge on any atom is -0.337 e. The van der Waals surface area contributed by atoms with Gasteiger partial charge in [0.25, 0.3) is 5.91 Å². The molecular formula is C23H24N4O. The van der Waals surface area contributed by atoms with Gasteiger partial charge in [0.05, 0.1) is 0 Å². The molecule has 1 amide bonds. The zero-order valence-electron chi connectivity index (χ0n) is 16.1. The van der Waals surface area contributed by atoms with Crippen LogP contribution in [0.25, 0.3) is 11.1 Å². The van der Waals surface area contributed by atoms with Gasteiger partial charge >= 0.3 is 0 Å². The van der Waals surface area contributed by atoms with Crippen molar-refractivity contribution in [3.63, 3.8) is 0 Å². The lowest BCUT2D eigenvalue weighted by molar-refractivity contribution is 0.0746. The van der Waals surface area contributed by atoms with Crippen molar-refractivity contribution in [2.75, 3.05) is 31.1 Å². The summed E-state index contributed by atoms with van der Waals surface area (Å²) in [6.45, 7) is 5.01. The summed E-state index contributed by atoms with van der Waals surface area (Å²) in [4.78, 5) is 25.5. The van der Waals surface area contributed by atoms with Crippen molar-refractivity contribution in [3.8, 4) is 11.1 Å². The molecule has 0 atom stereocenters. The van der Waals surface area contributed by atoms with Gasteiger partial charge in [0.2, 0.25) is 5.95 Å². The highest BCUT2D eigenvalue weighted by atomic mass is 16.2. The maximum Gasteiger partial charge on any atom is 0.253 e. The fourth-order valence-electron chi connectivity index (χ4n) is 3.52. The largest absolute Gasteiger partial charge is 0.337 e. The molecule has 5 nitrogen and oxygen atoms in total. The average Bonchev–Trinajstić information content (AvgIpc) is 2.79. The number of aryl methyl sites for hydroxylation is 1. The van der Waals surface area contributed by atoms with Crippen LogP contribution in [-0.2, 0) is 6.42 Å². The number of aromatic nitrogens is 2. The van der Waals surface area contributed by atoms with Crippen molar-refractivity contribution in [2.24, 2.45) is 0 Å². The number of anilines is 1. The number of hydrogen-bond donors (Lipinski definition) is 0. The van der Waals surface area contributed by atoms with Gasteiger partial charge in [-0.25, -0.2) is 9.97 Å². The van der Waals surface area contributed by atoms with E-state index in [1.807, 2.05) is 35.2 Å². The molecule has 0 bridgehead atoms. The van der Waals surface area contributed by atoms with E-state index in [-0.39, 0.29) is 5.91 Å². The lowest BCUT2D eigenvalue weighted by Gasteiger charge is -2.34. The van der Waals surface area contributed by atoms with E-state index in [0.29, 0.717) is 13.1 Å². The normalized spacial score (nSPS) is 14.2. The van der Waals surface area contributed by atoms with Gasteiger partial charge in [0.1, 0.15) is 0 Å². The SMILES string of the molecule is CCc1cccc(-c2ccc(C(=O)N3CCN(c4ncccn4)CC3)cc2)c1.